The van der Waals surface area contributed by atoms with Crippen LogP contribution in [0.5, 0.6) is 0 Å². The number of nitrogens with zero attached hydrogens (tertiary/aromatic N) is 1. The molecule has 0 saturated carbocycles. The second-order valence-corrected chi connectivity index (χ2v) is 4.97. The number of aryl methyl sites for hydroxylation is 2. The van der Waals surface area contributed by atoms with Crippen LogP contribution < -0.4 is 5.32 Å². The van der Waals surface area contributed by atoms with Crippen LogP contribution in [0.15, 0.2) is 29.5 Å². The first-order valence-electron chi connectivity index (χ1n) is 5.25. The Balaban J connectivity index is 2.22. The number of hydrogen-bond donors (Lipinski definition) is 1. The van der Waals surface area contributed by atoms with Gasteiger partial charge in [-0.15, -0.1) is 11.8 Å². The van der Waals surface area contributed by atoms with E-state index in [4.69, 9.17) is 5.26 Å². The van der Waals surface area contributed by atoms with Crippen LogP contribution >= 0.6 is 11.8 Å². The highest BCUT2D eigenvalue weighted by Gasteiger charge is 2.14. The quantitative estimate of drug-likeness (QED) is 0.847. The summed E-state index contributed by atoms with van der Waals surface area (Å²) in [4.78, 5) is 0. The molecule has 0 atom stereocenters. The van der Waals surface area contributed by atoms with Gasteiger partial charge in [-0.3, -0.25) is 0 Å². The van der Waals surface area contributed by atoms with Crippen molar-refractivity contribution in [3.63, 3.8) is 0 Å². The molecule has 0 fully saturated rings. The normalized spacial score (nSPS) is 15.1. The van der Waals surface area contributed by atoms with Crippen LogP contribution in [0.25, 0.3) is 0 Å². The maximum absolute atomic E-state index is 8.95. The van der Waals surface area contributed by atoms with Crippen LogP contribution in [0.4, 0.5) is 5.69 Å². The van der Waals surface area contributed by atoms with Gasteiger partial charge in [0.05, 0.1) is 11.6 Å². The second-order valence-electron chi connectivity index (χ2n) is 3.99. The standard InChI is InChI=1S/C13H14N2S/c1-9-3-4-12(5-10(9)2)15-13-8-16-7-11(13)6-14/h3-5,15H,7-8H2,1-2H3. The molecule has 0 aromatic heterocycles. The van der Waals surface area contributed by atoms with E-state index in [0.717, 1.165) is 28.5 Å². The molecule has 2 nitrogen and oxygen atoms in total. The smallest absolute Gasteiger partial charge is 0.0974 e. The van der Waals surface area contributed by atoms with E-state index in [1.54, 1.807) is 11.8 Å². The molecule has 1 aliphatic heterocycles. The molecular weight excluding hydrogens is 216 g/mol. The first kappa shape index (κ1) is 11.1. The molecule has 0 amide bonds. The van der Waals surface area contributed by atoms with Gasteiger partial charge in [-0.25, -0.2) is 0 Å². The van der Waals surface area contributed by atoms with Gasteiger partial charge in [0.15, 0.2) is 0 Å². The van der Waals surface area contributed by atoms with Crippen LogP contribution in [0.1, 0.15) is 11.1 Å². The van der Waals surface area contributed by atoms with Crippen LogP contribution in [0, 0.1) is 25.2 Å². The first-order chi connectivity index (χ1) is 7.70. The molecule has 82 valence electrons. The molecule has 1 aromatic rings. The molecule has 0 bridgehead atoms. The number of benzene rings is 1. The van der Waals surface area contributed by atoms with Crippen LogP contribution in [-0.4, -0.2) is 11.5 Å². The highest BCUT2D eigenvalue weighted by Crippen LogP contribution is 2.26. The Kier molecular flexibility index (Phi) is 3.21. The Morgan fingerprint density at radius 2 is 2.06 bits per heavy atom. The molecule has 1 aliphatic rings. The Labute approximate surface area is 100 Å². The zero-order chi connectivity index (χ0) is 11.5. The maximum Gasteiger partial charge on any atom is 0.0974 e. The third-order valence-electron chi connectivity index (χ3n) is 2.79. The van der Waals surface area contributed by atoms with Gasteiger partial charge >= 0.3 is 0 Å². The lowest BCUT2D eigenvalue weighted by atomic mass is 10.1. The molecule has 1 heterocycles. The summed E-state index contributed by atoms with van der Waals surface area (Å²) in [6.07, 6.45) is 0. The largest absolute Gasteiger partial charge is 0.357 e. The van der Waals surface area contributed by atoms with E-state index in [0.29, 0.717) is 0 Å². The molecule has 0 unspecified atom stereocenters. The van der Waals surface area contributed by atoms with E-state index in [2.05, 4.69) is 43.4 Å². The minimum Gasteiger partial charge on any atom is -0.357 e. The number of thioether (sulfide) groups is 1. The Morgan fingerprint density at radius 3 is 2.75 bits per heavy atom. The van der Waals surface area contributed by atoms with Gasteiger partial charge < -0.3 is 5.32 Å². The van der Waals surface area contributed by atoms with E-state index in [1.807, 2.05) is 0 Å². The molecule has 0 aliphatic carbocycles. The molecular formula is C13H14N2S. The number of hydrogen-bond acceptors (Lipinski definition) is 3. The van der Waals surface area contributed by atoms with Crippen molar-refractivity contribution in [2.75, 3.05) is 16.8 Å². The molecule has 1 N–H and O–H groups in total. The van der Waals surface area contributed by atoms with Crippen molar-refractivity contribution in [2.45, 2.75) is 13.8 Å². The van der Waals surface area contributed by atoms with E-state index in [9.17, 15) is 0 Å². The number of rotatable bonds is 2. The van der Waals surface area contributed by atoms with Gasteiger partial charge in [0.25, 0.3) is 0 Å². The summed E-state index contributed by atoms with van der Waals surface area (Å²) in [5.74, 6) is 1.75. The molecule has 2 rings (SSSR count). The summed E-state index contributed by atoms with van der Waals surface area (Å²) in [6.45, 7) is 4.20. The average molecular weight is 230 g/mol. The third-order valence-corrected chi connectivity index (χ3v) is 3.78. The predicted molar refractivity (Wildman–Crippen MR) is 69.5 cm³/mol. The van der Waals surface area contributed by atoms with E-state index in [1.165, 1.54) is 11.1 Å². The van der Waals surface area contributed by atoms with Gasteiger partial charge in [-0.05, 0) is 37.1 Å². The fraction of sp³-hybridized carbons (Fsp3) is 0.308. The van der Waals surface area contributed by atoms with E-state index in [-0.39, 0.29) is 0 Å². The van der Waals surface area contributed by atoms with E-state index >= 15 is 0 Å². The van der Waals surface area contributed by atoms with Gasteiger partial charge in [0, 0.05) is 22.9 Å². The first-order valence-corrected chi connectivity index (χ1v) is 6.40. The molecule has 16 heavy (non-hydrogen) atoms. The minimum atomic E-state index is 0.837. The number of nitrogens with one attached hydrogen (secondary N) is 1. The van der Waals surface area contributed by atoms with Crippen molar-refractivity contribution in [1.82, 2.24) is 0 Å². The highest BCUT2D eigenvalue weighted by atomic mass is 32.2. The van der Waals surface area contributed by atoms with Gasteiger partial charge in [-0.1, -0.05) is 6.07 Å². The molecule has 0 spiro atoms. The van der Waals surface area contributed by atoms with Crippen LogP contribution in [-0.2, 0) is 0 Å². The molecule has 3 heteroatoms. The summed E-state index contributed by atoms with van der Waals surface area (Å²) in [5, 5.41) is 12.3. The lowest BCUT2D eigenvalue weighted by Gasteiger charge is -2.09. The zero-order valence-electron chi connectivity index (χ0n) is 9.50. The second kappa shape index (κ2) is 4.63. The monoisotopic (exact) mass is 230 g/mol. The van der Waals surface area contributed by atoms with Gasteiger partial charge in [0.2, 0.25) is 0 Å². The molecule has 0 saturated heterocycles. The summed E-state index contributed by atoms with van der Waals surface area (Å²) in [7, 11) is 0. The Bertz CT molecular complexity index is 483. The van der Waals surface area contributed by atoms with Crippen molar-refractivity contribution >= 4 is 17.4 Å². The van der Waals surface area contributed by atoms with E-state index < -0.39 is 0 Å². The number of nitriles is 1. The summed E-state index contributed by atoms with van der Waals surface area (Å²) in [5.41, 5.74) is 5.59. The topological polar surface area (TPSA) is 35.8 Å². The maximum atomic E-state index is 8.95. The Hall–Kier alpha value is -1.40. The van der Waals surface area contributed by atoms with Crippen molar-refractivity contribution in [3.05, 3.63) is 40.6 Å². The third kappa shape index (κ3) is 2.23. The Morgan fingerprint density at radius 1 is 1.25 bits per heavy atom. The van der Waals surface area contributed by atoms with Crippen molar-refractivity contribution in [3.8, 4) is 6.07 Å². The number of anilines is 1. The summed E-state index contributed by atoms with van der Waals surface area (Å²) in [6, 6.07) is 8.55. The summed E-state index contributed by atoms with van der Waals surface area (Å²) >= 11 is 1.78. The average Bonchev–Trinajstić information content (AvgIpc) is 2.71. The highest BCUT2D eigenvalue weighted by molar-refractivity contribution is 7.99. The fourth-order valence-corrected chi connectivity index (χ4v) is 2.63. The molecule has 0 radical (unpaired) electrons. The van der Waals surface area contributed by atoms with Gasteiger partial charge in [-0.2, -0.15) is 5.26 Å². The van der Waals surface area contributed by atoms with Gasteiger partial charge in [0.1, 0.15) is 0 Å². The van der Waals surface area contributed by atoms with Crippen molar-refractivity contribution in [2.24, 2.45) is 0 Å². The lowest BCUT2D eigenvalue weighted by Crippen LogP contribution is -2.02. The zero-order valence-corrected chi connectivity index (χ0v) is 10.3. The predicted octanol–water partition coefficient (Wildman–Crippen LogP) is 3.24. The van der Waals surface area contributed by atoms with Crippen molar-refractivity contribution < 1.29 is 0 Å². The lowest BCUT2D eigenvalue weighted by molar-refractivity contribution is 1.30. The summed E-state index contributed by atoms with van der Waals surface area (Å²) < 4.78 is 0. The molecule has 1 aromatic carbocycles. The fourth-order valence-electron chi connectivity index (χ4n) is 1.63. The minimum absolute atomic E-state index is 0.837. The SMILES string of the molecule is Cc1ccc(NC2=C(C#N)CSC2)cc1C. The van der Waals surface area contributed by atoms with Crippen LogP contribution in [0.2, 0.25) is 0 Å². The van der Waals surface area contributed by atoms with Crippen molar-refractivity contribution in [1.29, 1.82) is 5.26 Å². The van der Waals surface area contributed by atoms with Crippen LogP contribution in [0.3, 0.4) is 0 Å².